The Kier molecular flexibility index (Phi) is 6.44. The van der Waals surface area contributed by atoms with Gasteiger partial charge in [0.2, 0.25) is 10.0 Å². The third-order valence-corrected chi connectivity index (χ3v) is 8.07. The second-order valence-corrected chi connectivity index (χ2v) is 10.2. The summed E-state index contributed by atoms with van der Waals surface area (Å²) in [7, 11) is -3.65. The average molecular weight is 449 g/mol. The van der Waals surface area contributed by atoms with Crippen molar-refractivity contribution in [2.24, 2.45) is 0 Å². The molecule has 0 bridgehead atoms. The fourth-order valence-corrected chi connectivity index (χ4v) is 5.95. The van der Waals surface area contributed by atoms with Crippen LogP contribution in [0.1, 0.15) is 42.1 Å². The standard InChI is InChI=1S/C26H28N2O3S/c1-19-15-16-22(32(30,31)28-17-9-8-10-20(28)2)18-24(19)26(29)27-25-14-7-6-13-23(25)21-11-4-3-5-12-21/h3-7,11-16,18,20H,8-10,17H2,1-2H3,(H,27,29). The van der Waals surface area contributed by atoms with Crippen LogP contribution in [0.3, 0.4) is 0 Å². The van der Waals surface area contributed by atoms with E-state index in [0.29, 0.717) is 17.8 Å². The zero-order chi connectivity index (χ0) is 22.7. The van der Waals surface area contributed by atoms with E-state index in [0.717, 1.165) is 36.0 Å². The van der Waals surface area contributed by atoms with Crippen LogP contribution < -0.4 is 5.32 Å². The maximum Gasteiger partial charge on any atom is 0.255 e. The normalized spacial score (nSPS) is 17.1. The van der Waals surface area contributed by atoms with Crippen LogP contribution in [-0.4, -0.2) is 31.2 Å². The molecule has 0 saturated carbocycles. The maximum absolute atomic E-state index is 13.3. The van der Waals surface area contributed by atoms with E-state index in [1.165, 1.54) is 6.07 Å². The number of aryl methyl sites for hydroxylation is 1. The van der Waals surface area contributed by atoms with Crippen molar-refractivity contribution in [3.63, 3.8) is 0 Å². The number of carbonyl (C=O) groups is 1. The van der Waals surface area contributed by atoms with Gasteiger partial charge in [0.05, 0.1) is 4.90 Å². The Balaban J connectivity index is 1.65. The van der Waals surface area contributed by atoms with E-state index in [2.05, 4.69) is 5.32 Å². The van der Waals surface area contributed by atoms with Crippen molar-refractivity contribution in [1.29, 1.82) is 0 Å². The summed E-state index contributed by atoms with van der Waals surface area (Å²) in [5.74, 6) is -0.324. The summed E-state index contributed by atoms with van der Waals surface area (Å²) in [6.07, 6.45) is 2.75. The van der Waals surface area contributed by atoms with Crippen LogP contribution in [0.5, 0.6) is 0 Å². The smallest absolute Gasteiger partial charge is 0.255 e. The molecule has 166 valence electrons. The largest absolute Gasteiger partial charge is 0.321 e. The lowest BCUT2D eigenvalue weighted by Gasteiger charge is -2.32. The van der Waals surface area contributed by atoms with Crippen molar-refractivity contribution in [2.75, 3.05) is 11.9 Å². The van der Waals surface area contributed by atoms with E-state index >= 15 is 0 Å². The highest BCUT2D eigenvalue weighted by Gasteiger charge is 2.31. The number of carbonyl (C=O) groups excluding carboxylic acids is 1. The van der Waals surface area contributed by atoms with E-state index in [-0.39, 0.29) is 16.8 Å². The monoisotopic (exact) mass is 448 g/mol. The van der Waals surface area contributed by atoms with Crippen LogP contribution in [-0.2, 0) is 10.0 Å². The average Bonchev–Trinajstić information content (AvgIpc) is 2.80. The Bertz CT molecular complexity index is 1220. The van der Waals surface area contributed by atoms with Crippen molar-refractivity contribution in [3.8, 4) is 11.1 Å². The number of benzene rings is 3. The molecule has 1 fully saturated rings. The summed E-state index contributed by atoms with van der Waals surface area (Å²) >= 11 is 0. The molecule has 0 spiro atoms. The molecule has 1 unspecified atom stereocenters. The van der Waals surface area contributed by atoms with Gasteiger partial charge in [-0.3, -0.25) is 4.79 Å². The first-order chi connectivity index (χ1) is 15.4. The molecule has 3 aromatic rings. The van der Waals surface area contributed by atoms with Gasteiger partial charge in [0.15, 0.2) is 0 Å². The molecule has 5 nitrogen and oxygen atoms in total. The van der Waals surface area contributed by atoms with Crippen molar-refractivity contribution < 1.29 is 13.2 Å². The summed E-state index contributed by atoms with van der Waals surface area (Å²) in [5.41, 5.74) is 3.67. The SMILES string of the molecule is Cc1ccc(S(=O)(=O)N2CCCCC2C)cc1C(=O)Nc1ccccc1-c1ccccc1. The van der Waals surface area contributed by atoms with E-state index in [1.807, 2.05) is 68.4 Å². The van der Waals surface area contributed by atoms with Crippen LogP contribution in [0, 0.1) is 6.92 Å². The fraction of sp³-hybridized carbons (Fsp3) is 0.269. The number of amides is 1. The van der Waals surface area contributed by atoms with Gasteiger partial charge in [-0.2, -0.15) is 4.31 Å². The summed E-state index contributed by atoms with van der Waals surface area (Å²) < 4.78 is 28.1. The van der Waals surface area contributed by atoms with Crippen LogP contribution in [0.2, 0.25) is 0 Å². The minimum atomic E-state index is -3.65. The molecular weight excluding hydrogens is 420 g/mol. The number of hydrogen-bond donors (Lipinski definition) is 1. The zero-order valence-corrected chi connectivity index (χ0v) is 19.2. The summed E-state index contributed by atoms with van der Waals surface area (Å²) in [6.45, 7) is 4.28. The predicted octanol–water partition coefficient (Wildman–Crippen LogP) is 5.48. The Labute approximate surface area is 190 Å². The molecule has 0 radical (unpaired) electrons. The zero-order valence-electron chi connectivity index (χ0n) is 18.4. The van der Waals surface area contributed by atoms with E-state index in [1.54, 1.807) is 16.4 Å². The minimum absolute atomic E-state index is 0.0370. The number of anilines is 1. The first-order valence-electron chi connectivity index (χ1n) is 11.0. The van der Waals surface area contributed by atoms with E-state index < -0.39 is 10.0 Å². The van der Waals surface area contributed by atoms with Gasteiger partial charge in [-0.05, 0) is 56.0 Å². The van der Waals surface area contributed by atoms with Crippen molar-refractivity contribution in [3.05, 3.63) is 83.9 Å². The molecular formula is C26H28N2O3S. The topological polar surface area (TPSA) is 66.5 Å². The molecule has 3 aromatic carbocycles. The molecule has 1 N–H and O–H groups in total. The number of nitrogens with one attached hydrogen (secondary N) is 1. The highest BCUT2D eigenvalue weighted by atomic mass is 32.2. The second-order valence-electron chi connectivity index (χ2n) is 8.30. The van der Waals surface area contributed by atoms with Gasteiger partial charge in [0.25, 0.3) is 5.91 Å². The molecule has 0 aliphatic carbocycles. The first-order valence-corrected chi connectivity index (χ1v) is 12.4. The molecule has 0 aromatic heterocycles. The number of sulfonamides is 1. The molecule has 1 heterocycles. The van der Waals surface area contributed by atoms with Crippen molar-refractivity contribution >= 4 is 21.6 Å². The summed E-state index contributed by atoms with van der Waals surface area (Å²) in [6, 6.07) is 22.2. The van der Waals surface area contributed by atoms with Gasteiger partial charge in [-0.1, -0.05) is 61.0 Å². The molecule has 4 rings (SSSR count). The molecule has 32 heavy (non-hydrogen) atoms. The molecule has 1 aliphatic rings. The number of nitrogens with zero attached hydrogens (tertiary/aromatic N) is 1. The van der Waals surface area contributed by atoms with Crippen LogP contribution in [0.15, 0.2) is 77.7 Å². The predicted molar refractivity (Wildman–Crippen MR) is 128 cm³/mol. The number of hydrogen-bond acceptors (Lipinski definition) is 3. The van der Waals surface area contributed by atoms with Crippen LogP contribution >= 0.6 is 0 Å². The lowest BCUT2D eigenvalue weighted by Crippen LogP contribution is -2.42. The highest BCUT2D eigenvalue weighted by molar-refractivity contribution is 7.89. The second kappa shape index (κ2) is 9.27. The maximum atomic E-state index is 13.3. The number of piperidine rings is 1. The Morgan fingerprint density at radius 3 is 2.44 bits per heavy atom. The van der Waals surface area contributed by atoms with Crippen molar-refractivity contribution in [2.45, 2.75) is 44.0 Å². The summed E-state index contributed by atoms with van der Waals surface area (Å²) in [5, 5.41) is 2.99. The summed E-state index contributed by atoms with van der Waals surface area (Å²) in [4.78, 5) is 13.4. The van der Waals surface area contributed by atoms with E-state index in [9.17, 15) is 13.2 Å². The van der Waals surface area contributed by atoms with Gasteiger partial charge in [0, 0.05) is 29.4 Å². The minimum Gasteiger partial charge on any atom is -0.321 e. The van der Waals surface area contributed by atoms with Gasteiger partial charge in [0.1, 0.15) is 0 Å². The highest BCUT2D eigenvalue weighted by Crippen LogP contribution is 2.29. The van der Waals surface area contributed by atoms with Crippen LogP contribution in [0.25, 0.3) is 11.1 Å². The third-order valence-electron chi connectivity index (χ3n) is 6.06. The molecule has 6 heteroatoms. The molecule has 1 aliphatic heterocycles. The lowest BCUT2D eigenvalue weighted by molar-refractivity contribution is 0.102. The number of rotatable bonds is 5. The van der Waals surface area contributed by atoms with Gasteiger partial charge < -0.3 is 5.32 Å². The van der Waals surface area contributed by atoms with Crippen molar-refractivity contribution in [1.82, 2.24) is 4.31 Å². The quantitative estimate of drug-likeness (QED) is 0.562. The fourth-order valence-electron chi connectivity index (χ4n) is 4.22. The molecule has 1 atom stereocenters. The Hall–Kier alpha value is -2.96. The van der Waals surface area contributed by atoms with Gasteiger partial charge in [-0.15, -0.1) is 0 Å². The van der Waals surface area contributed by atoms with E-state index in [4.69, 9.17) is 0 Å². The third kappa shape index (κ3) is 4.47. The Morgan fingerprint density at radius 1 is 0.969 bits per heavy atom. The molecule has 1 amide bonds. The lowest BCUT2D eigenvalue weighted by atomic mass is 10.0. The molecule has 1 saturated heterocycles. The van der Waals surface area contributed by atoms with Gasteiger partial charge >= 0.3 is 0 Å². The van der Waals surface area contributed by atoms with Gasteiger partial charge in [-0.25, -0.2) is 8.42 Å². The first kappa shape index (κ1) is 22.2. The number of para-hydroxylation sites is 1. The Morgan fingerprint density at radius 2 is 1.69 bits per heavy atom. The van der Waals surface area contributed by atoms with Crippen LogP contribution in [0.4, 0.5) is 5.69 Å².